The van der Waals surface area contributed by atoms with Gasteiger partial charge in [-0.3, -0.25) is 4.99 Å². The predicted octanol–water partition coefficient (Wildman–Crippen LogP) is 0.208. The first-order valence-corrected chi connectivity index (χ1v) is 5.00. The molecular formula is C13H11NO. The van der Waals surface area contributed by atoms with Crippen LogP contribution in [-0.2, 0) is 0 Å². The Bertz CT molecular complexity index is 583. The van der Waals surface area contributed by atoms with Crippen LogP contribution in [0.15, 0.2) is 41.0 Å². The monoisotopic (exact) mass is 197 g/mol. The zero-order chi connectivity index (χ0) is 10.3. The normalized spacial score (nSPS) is 26.1. The molecule has 1 N–H and O–H groups in total. The van der Waals surface area contributed by atoms with E-state index >= 15 is 0 Å². The number of aliphatic hydroxyl groups is 1. The van der Waals surface area contributed by atoms with E-state index in [9.17, 15) is 5.11 Å². The predicted molar refractivity (Wildman–Crippen MR) is 60.7 cm³/mol. The van der Waals surface area contributed by atoms with Crippen molar-refractivity contribution in [3.8, 4) is 0 Å². The zero-order valence-electron chi connectivity index (χ0n) is 8.22. The maximum atomic E-state index is 9.49. The van der Waals surface area contributed by atoms with Crippen LogP contribution in [0.25, 0.3) is 12.2 Å². The highest BCUT2D eigenvalue weighted by atomic mass is 16.3. The molecule has 0 saturated carbocycles. The minimum atomic E-state index is -0.381. The molecule has 0 radical (unpaired) electrons. The molecule has 0 saturated heterocycles. The number of aliphatic imine (C=N–C) groups is 1. The minimum absolute atomic E-state index is 0.0766. The lowest BCUT2D eigenvalue weighted by atomic mass is 9.79. The quantitative estimate of drug-likeness (QED) is 0.685. The zero-order valence-corrected chi connectivity index (χ0v) is 8.22. The summed E-state index contributed by atoms with van der Waals surface area (Å²) >= 11 is 0. The molecule has 0 bridgehead atoms. The first-order valence-electron chi connectivity index (χ1n) is 5.00. The van der Waals surface area contributed by atoms with E-state index in [0.717, 1.165) is 10.8 Å². The van der Waals surface area contributed by atoms with Gasteiger partial charge in [0.25, 0.3) is 0 Å². The Hall–Kier alpha value is -1.67. The van der Waals surface area contributed by atoms with Crippen LogP contribution in [0.3, 0.4) is 0 Å². The van der Waals surface area contributed by atoms with Crippen LogP contribution in [0, 0.1) is 5.41 Å². The summed E-state index contributed by atoms with van der Waals surface area (Å²) in [6, 6.07) is 8.17. The molecule has 15 heavy (non-hydrogen) atoms. The van der Waals surface area contributed by atoms with Crippen molar-refractivity contribution in [3.63, 3.8) is 0 Å². The summed E-state index contributed by atoms with van der Waals surface area (Å²) in [4.78, 5) is 4.14. The third-order valence-electron chi connectivity index (χ3n) is 3.04. The Morgan fingerprint density at radius 2 is 2.00 bits per heavy atom. The lowest BCUT2D eigenvalue weighted by Crippen LogP contribution is -2.37. The Kier molecular flexibility index (Phi) is 1.67. The van der Waals surface area contributed by atoms with Gasteiger partial charge in [-0.25, -0.2) is 0 Å². The highest BCUT2D eigenvalue weighted by Gasteiger charge is 2.32. The number of hydrogen-bond donors (Lipinski definition) is 1. The van der Waals surface area contributed by atoms with Gasteiger partial charge in [0.05, 0.1) is 12.0 Å². The Labute approximate surface area is 87.6 Å². The molecule has 3 rings (SSSR count). The molecule has 1 atom stereocenters. The summed E-state index contributed by atoms with van der Waals surface area (Å²) in [7, 11) is 0. The van der Waals surface area contributed by atoms with E-state index in [1.807, 2.05) is 24.5 Å². The van der Waals surface area contributed by atoms with E-state index in [1.54, 1.807) is 0 Å². The standard InChI is InChI=1S/C13H11NO/c15-9-13-6-11-4-2-1-3-10(11)5-12(13)7-14-8-13/h1-8,15H,9H2. The van der Waals surface area contributed by atoms with Crippen molar-refractivity contribution in [3.05, 3.63) is 46.5 Å². The molecule has 0 spiro atoms. The van der Waals surface area contributed by atoms with Gasteiger partial charge in [0.2, 0.25) is 0 Å². The van der Waals surface area contributed by atoms with Gasteiger partial charge in [-0.15, -0.1) is 0 Å². The highest BCUT2D eigenvalue weighted by Crippen LogP contribution is 2.33. The van der Waals surface area contributed by atoms with Gasteiger partial charge in [0.1, 0.15) is 0 Å². The van der Waals surface area contributed by atoms with Crippen molar-refractivity contribution in [2.75, 3.05) is 6.61 Å². The van der Waals surface area contributed by atoms with Crippen molar-refractivity contribution in [2.24, 2.45) is 10.4 Å². The lowest BCUT2D eigenvalue weighted by Gasteiger charge is -2.24. The van der Waals surface area contributed by atoms with Crippen LogP contribution in [-0.4, -0.2) is 17.9 Å². The van der Waals surface area contributed by atoms with Crippen LogP contribution in [0.2, 0.25) is 0 Å². The molecule has 1 aliphatic heterocycles. The summed E-state index contributed by atoms with van der Waals surface area (Å²) in [6.45, 7) is 0.0766. The molecule has 0 aromatic heterocycles. The summed E-state index contributed by atoms with van der Waals surface area (Å²) in [5.74, 6) is 0. The van der Waals surface area contributed by atoms with E-state index in [2.05, 4.69) is 29.3 Å². The van der Waals surface area contributed by atoms with E-state index < -0.39 is 0 Å². The third kappa shape index (κ3) is 1.12. The van der Waals surface area contributed by atoms with Crippen molar-refractivity contribution in [1.82, 2.24) is 0 Å². The smallest absolute Gasteiger partial charge is 0.0740 e. The molecule has 1 aromatic rings. The molecule has 1 aliphatic carbocycles. The molecule has 2 heteroatoms. The number of nitrogens with zero attached hydrogens (tertiary/aromatic N) is 1. The number of fused-ring (bicyclic) bond motifs is 2. The second-order valence-electron chi connectivity index (χ2n) is 3.98. The number of hydrogen-bond acceptors (Lipinski definition) is 2. The largest absolute Gasteiger partial charge is 0.395 e. The van der Waals surface area contributed by atoms with Crippen LogP contribution < -0.4 is 10.4 Å². The maximum absolute atomic E-state index is 9.49. The summed E-state index contributed by atoms with van der Waals surface area (Å²) < 4.78 is 0. The van der Waals surface area contributed by atoms with E-state index in [0.29, 0.717) is 0 Å². The molecular weight excluding hydrogens is 186 g/mol. The van der Waals surface area contributed by atoms with Crippen molar-refractivity contribution < 1.29 is 5.11 Å². The number of rotatable bonds is 1. The molecule has 0 fully saturated rings. The van der Waals surface area contributed by atoms with Gasteiger partial charge < -0.3 is 5.11 Å². The Morgan fingerprint density at radius 3 is 2.80 bits per heavy atom. The Balaban J connectivity index is 2.36. The van der Waals surface area contributed by atoms with Gasteiger partial charge >= 0.3 is 0 Å². The van der Waals surface area contributed by atoms with Crippen LogP contribution in [0.4, 0.5) is 0 Å². The molecule has 2 aliphatic rings. The summed E-state index contributed by atoms with van der Waals surface area (Å²) in [5.41, 5.74) is 0.692. The summed E-state index contributed by atoms with van der Waals surface area (Å²) in [6.07, 6.45) is 7.82. The molecule has 1 unspecified atom stereocenters. The van der Waals surface area contributed by atoms with Crippen molar-refractivity contribution in [1.29, 1.82) is 0 Å². The SMILES string of the molecule is OCC12C=NC=C1C=c1ccccc1=C2. The first kappa shape index (κ1) is 8.62. The van der Waals surface area contributed by atoms with Gasteiger partial charge in [0.15, 0.2) is 0 Å². The van der Waals surface area contributed by atoms with E-state index in [-0.39, 0.29) is 12.0 Å². The second kappa shape index (κ2) is 2.91. The third-order valence-corrected chi connectivity index (χ3v) is 3.04. The summed E-state index contributed by atoms with van der Waals surface area (Å²) in [5, 5.41) is 11.9. The maximum Gasteiger partial charge on any atom is 0.0740 e. The molecule has 1 heterocycles. The second-order valence-corrected chi connectivity index (χ2v) is 3.98. The molecule has 74 valence electrons. The van der Waals surface area contributed by atoms with Crippen molar-refractivity contribution in [2.45, 2.75) is 0 Å². The van der Waals surface area contributed by atoms with Gasteiger partial charge in [0, 0.05) is 12.4 Å². The highest BCUT2D eigenvalue weighted by molar-refractivity contribution is 5.89. The Morgan fingerprint density at radius 1 is 1.20 bits per heavy atom. The average molecular weight is 197 g/mol. The fourth-order valence-electron chi connectivity index (χ4n) is 2.13. The van der Waals surface area contributed by atoms with Gasteiger partial charge in [-0.2, -0.15) is 0 Å². The fraction of sp³-hybridized carbons (Fsp3) is 0.154. The average Bonchev–Trinajstić information content (AvgIpc) is 2.69. The molecule has 2 nitrogen and oxygen atoms in total. The number of aliphatic hydroxyl groups excluding tert-OH is 1. The first-order chi connectivity index (χ1) is 7.34. The van der Waals surface area contributed by atoms with E-state index in [1.165, 1.54) is 5.22 Å². The topological polar surface area (TPSA) is 32.6 Å². The van der Waals surface area contributed by atoms with E-state index in [4.69, 9.17) is 0 Å². The van der Waals surface area contributed by atoms with Crippen LogP contribution in [0.1, 0.15) is 0 Å². The van der Waals surface area contributed by atoms with Crippen molar-refractivity contribution >= 4 is 18.4 Å². The minimum Gasteiger partial charge on any atom is -0.395 e. The van der Waals surface area contributed by atoms with Gasteiger partial charge in [-0.05, 0) is 22.1 Å². The fourth-order valence-corrected chi connectivity index (χ4v) is 2.13. The van der Waals surface area contributed by atoms with Gasteiger partial charge in [-0.1, -0.05) is 30.3 Å². The molecule has 1 aromatic carbocycles. The lowest BCUT2D eigenvalue weighted by molar-refractivity contribution is 0.255. The van der Waals surface area contributed by atoms with Crippen LogP contribution in [0.5, 0.6) is 0 Å². The number of benzene rings is 1. The van der Waals surface area contributed by atoms with Crippen LogP contribution >= 0.6 is 0 Å². The molecule has 0 amide bonds.